The topological polar surface area (TPSA) is 46.6 Å². The highest BCUT2D eigenvalue weighted by Gasteiger charge is 2.63. The number of fused-ring (bicyclic) bond motifs is 1. The van der Waals surface area contributed by atoms with E-state index in [1.54, 1.807) is 16.7 Å². The van der Waals surface area contributed by atoms with Crippen molar-refractivity contribution >= 4 is 39.6 Å². The summed E-state index contributed by atoms with van der Waals surface area (Å²) in [5.41, 5.74) is 0. The van der Waals surface area contributed by atoms with Crippen molar-refractivity contribution in [1.29, 1.82) is 0 Å². The van der Waals surface area contributed by atoms with Gasteiger partial charge >= 0.3 is 5.97 Å². The summed E-state index contributed by atoms with van der Waals surface area (Å²) in [7, 11) is 0. The van der Waals surface area contributed by atoms with Crippen LogP contribution in [0.2, 0.25) is 0 Å². The third-order valence-corrected chi connectivity index (χ3v) is 5.76. The first-order valence-electron chi connectivity index (χ1n) is 5.31. The molecule has 0 aromatic rings. The number of esters is 1. The van der Waals surface area contributed by atoms with Gasteiger partial charge in [0.15, 0.2) is 0 Å². The van der Waals surface area contributed by atoms with Gasteiger partial charge in [-0.25, -0.2) is 4.79 Å². The number of halogens is 1. The zero-order chi connectivity index (χ0) is 12.8. The molecule has 0 aromatic carbocycles. The lowest BCUT2D eigenvalue weighted by Crippen LogP contribution is -2.63. The molecule has 2 aliphatic rings. The Kier molecular flexibility index (Phi) is 3.29. The molecule has 0 N–H and O–H groups in total. The van der Waals surface area contributed by atoms with Crippen molar-refractivity contribution in [3.63, 3.8) is 0 Å². The Morgan fingerprint density at radius 1 is 1.71 bits per heavy atom. The number of hydrogen-bond acceptors (Lipinski definition) is 4. The van der Waals surface area contributed by atoms with Gasteiger partial charge in [0.1, 0.15) is 22.8 Å². The second-order valence-corrected chi connectivity index (χ2v) is 7.34. The van der Waals surface area contributed by atoms with Gasteiger partial charge in [0.2, 0.25) is 5.91 Å². The molecule has 94 valence electrons. The molecule has 2 rings (SSSR count). The number of β-lactam (4-membered cyclic amide) rings is 1. The standard InChI is InChI=1S/C11H14BrNO3S/c1-4-5-16-10(15)7-11(2,3)17-9-6(12)8(14)13(7)9/h4,6-7,9H,1,5H2,2-3H3/t6-,7+,9-/m1/s1. The van der Waals surface area contributed by atoms with Crippen LogP contribution in [0.15, 0.2) is 12.7 Å². The second-order valence-electron chi connectivity index (χ2n) is 4.58. The molecule has 2 heterocycles. The van der Waals surface area contributed by atoms with Crippen LogP contribution in [0.1, 0.15) is 13.8 Å². The highest BCUT2D eigenvalue weighted by Crippen LogP contribution is 2.52. The van der Waals surface area contributed by atoms with Crippen LogP contribution in [-0.4, -0.2) is 44.4 Å². The van der Waals surface area contributed by atoms with Crippen LogP contribution in [-0.2, 0) is 14.3 Å². The van der Waals surface area contributed by atoms with Crippen molar-refractivity contribution in [3.05, 3.63) is 12.7 Å². The Hall–Kier alpha value is -0.490. The lowest BCUT2D eigenvalue weighted by atomic mass is 9.98. The molecule has 0 aliphatic carbocycles. The first kappa shape index (κ1) is 13.0. The van der Waals surface area contributed by atoms with Gasteiger partial charge in [-0.05, 0) is 13.8 Å². The Bertz CT molecular complexity index is 385. The maximum Gasteiger partial charge on any atom is 0.330 e. The summed E-state index contributed by atoms with van der Waals surface area (Å²) in [6.07, 6.45) is 1.52. The summed E-state index contributed by atoms with van der Waals surface area (Å²) in [6.45, 7) is 7.60. The maximum atomic E-state index is 12.0. The predicted octanol–water partition coefficient (Wildman–Crippen LogP) is 1.54. The lowest BCUT2D eigenvalue weighted by molar-refractivity contribution is -0.159. The fourth-order valence-electron chi connectivity index (χ4n) is 2.17. The first-order valence-corrected chi connectivity index (χ1v) is 7.11. The number of hydrogen-bond donors (Lipinski definition) is 0. The lowest BCUT2D eigenvalue weighted by Gasteiger charge is -2.41. The summed E-state index contributed by atoms with van der Waals surface area (Å²) >= 11 is 4.96. The molecule has 0 radical (unpaired) electrons. The molecule has 2 fully saturated rings. The molecule has 4 nitrogen and oxygen atoms in total. The molecule has 2 aliphatic heterocycles. The van der Waals surface area contributed by atoms with Gasteiger partial charge in [-0.2, -0.15) is 0 Å². The van der Waals surface area contributed by atoms with Crippen LogP contribution in [0.3, 0.4) is 0 Å². The van der Waals surface area contributed by atoms with Gasteiger partial charge in [-0.3, -0.25) is 4.79 Å². The van der Waals surface area contributed by atoms with Crippen LogP contribution in [0.25, 0.3) is 0 Å². The maximum absolute atomic E-state index is 12.0. The highest BCUT2D eigenvalue weighted by molar-refractivity contribution is 9.10. The van der Waals surface area contributed by atoms with Crippen LogP contribution in [0.4, 0.5) is 0 Å². The largest absolute Gasteiger partial charge is 0.460 e. The normalized spacial score (nSPS) is 33.9. The van der Waals surface area contributed by atoms with Crippen LogP contribution in [0, 0.1) is 0 Å². The number of thioether (sulfide) groups is 1. The molecule has 0 unspecified atom stereocenters. The van der Waals surface area contributed by atoms with Crippen molar-refractivity contribution in [2.24, 2.45) is 0 Å². The van der Waals surface area contributed by atoms with Gasteiger partial charge in [-0.1, -0.05) is 28.6 Å². The molecule has 0 spiro atoms. The fraction of sp³-hybridized carbons (Fsp3) is 0.636. The summed E-state index contributed by atoms with van der Waals surface area (Å²) in [5.74, 6) is -0.383. The molecular weight excluding hydrogens is 306 g/mol. The smallest absolute Gasteiger partial charge is 0.330 e. The highest BCUT2D eigenvalue weighted by atomic mass is 79.9. The van der Waals surface area contributed by atoms with Gasteiger partial charge in [0.05, 0.1) is 0 Å². The number of amides is 1. The van der Waals surface area contributed by atoms with E-state index in [1.165, 1.54) is 6.08 Å². The van der Waals surface area contributed by atoms with E-state index in [9.17, 15) is 9.59 Å². The van der Waals surface area contributed by atoms with Crippen LogP contribution in [0.5, 0.6) is 0 Å². The van der Waals surface area contributed by atoms with Crippen molar-refractivity contribution in [3.8, 4) is 0 Å². The first-order chi connectivity index (χ1) is 7.90. The van der Waals surface area contributed by atoms with Gasteiger partial charge in [0, 0.05) is 4.75 Å². The van der Waals surface area contributed by atoms with E-state index >= 15 is 0 Å². The number of nitrogens with zero attached hydrogens (tertiary/aromatic N) is 1. The Morgan fingerprint density at radius 3 is 2.94 bits per heavy atom. The zero-order valence-electron chi connectivity index (χ0n) is 9.68. The number of ether oxygens (including phenoxy) is 1. The Labute approximate surface area is 113 Å². The minimum atomic E-state index is -0.501. The van der Waals surface area contributed by atoms with E-state index < -0.39 is 6.04 Å². The summed E-state index contributed by atoms with van der Waals surface area (Å²) < 4.78 is 4.75. The summed E-state index contributed by atoms with van der Waals surface area (Å²) in [6, 6.07) is -0.501. The van der Waals surface area contributed by atoms with E-state index in [-0.39, 0.29) is 33.4 Å². The van der Waals surface area contributed by atoms with E-state index in [2.05, 4.69) is 22.5 Å². The van der Waals surface area contributed by atoms with E-state index in [4.69, 9.17) is 4.74 Å². The molecular formula is C11H14BrNO3S. The van der Waals surface area contributed by atoms with Gasteiger partial charge in [0.25, 0.3) is 0 Å². The number of alkyl halides is 1. The number of rotatable bonds is 3. The fourth-order valence-corrected chi connectivity index (χ4v) is 4.52. The summed E-state index contributed by atoms with van der Waals surface area (Å²) in [5, 5.41) is 0.0405. The number of carbonyl (C=O) groups is 2. The monoisotopic (exact) mass is 319 g/mol. The molecule has 6 heteroatoms. The van der Waals surface area contributed by atoms with Crippen molar-refractivity contribution in [2.75, 3.05) is 6.61 Å². The third kappa shape index (κ3) is 1.91. The SMILES string of the molecule is C=CCOC(=O)[C@@H]1N2C(=O)[C@@H](Br)[C@H]2SC1(C)C. The van der Waals surface area contributed by atoms with Gasteiger partial charge in [-0.15, -0.1) is 11.8 Å². The van der Waals surface area contributed by atoms with Crippen molar-refractivity contribution in [2.45, 2.75) is 34.8 Å². The van der Waals surface area contributed by atoms with Crippen molar-refractivity contribution < 1.29 is 14.3 Å². The zero-order valence-corrected chi connectivity index (χ0v) is 12.1. The van der Waals surface area contributed by atoms with Crippen molar-refractivity contribution in [1.82, 2.24) is 4.90 Å². The molecule has 2 saturated heterocycles. The molecule has 1 amide bonds. The van der Waals surface area contributed by atoms with Gasteiger partial charge < -0.3 is 9.64 Å². The Morgan fingerprint density at radius 2 is 2.35 bits per heavy atom. The molecule has 17 heavy (non-hydrogen) atoms. The predicted molar refractivity (Wildman–Crippen MR) is 70.0 cm³/mol. The quantitative estimate of drug-likeness (QED) is 0.343. The average molecular weight is 320 g/mol. The summed E-state index contributed by atoms with van der Waals surface area (Å²) in [4.78, 5) is 25.2. The molecule has 0 bridgehead atoms. The third-order valence-electron chi connectivity index (χ3n) is 2.94. The Balaban J connectivity index is 2.17. The second kappa shape index (κ2) is 4.31. The molecule has 0 aromatic heterocycles. The number of carbonyl (C=O) groups excluding carboxylic acids is 2. The molecule has 3 atom stereocenters. The van der Waals surface area contributed by atoms with E-state index in [0.29, 0.717) is 0 Å². The molecule has 0 saturated carbocycles. The van der Waals surface area contributed by atoms with Crippen LogP contribution >= 0.6 is 27.7 Å². The minimum Gasteiger partial charge on any atom is -0.460 e. The van der Waals surface area contributed by atoms with E-state index in [1.807, 2.05) is 13.8 Å². The van der Waals surface area contributed by atoms with E-state index in [0.717, 1.165) is 0 Å². The van der Waals surface area contributed by atoms with Crippen LogP contribution < -0.4 is 0 Å². The average Bonchev–Trinajstić information content (AvgIpc) is 2.54. The minimum absolute atomic E-state index is 0.0337.